The van der Waals surface area contributed by atoms with Gasteiger partial charge >= 0.3 is 6.03 Å². The summed E-state index contributed by atoms with van der Waals surface area (Å²) in [6.45, 7) is 4.06. The molecule has 124 valence electrons. The lowest BCUT2D eigenvalue weighted by Crippen LogP contribution is -2.33. The van der Waals surface area contributed by atoms with E-state index in [-0.39, 0.29) is 5.92 Å². The van der Waals surface area contributed by atoms with Crippen molar-refractivity contribution in [1.82, 2.24) is 15.1 Å². The van der Waals surface area contributed by atoms with E-state index in [9.17, 15) is 14.3 Å². The Bertz CT molecular complexity index is 644. The van der Waals surface area contributed by atoms with E-state index in [1.807, 2.05) is 6.92 Å². The Morgan fingerprint density at radius 2 is 2.22 bits per heavy atom. The Morgan fingerprint density at radius 1 is 1.43 bits per heavy atom. The van der Waals surface area contributed by atoms with Crippen molar-refractivity contribution in [1.29, 1.82) is 0 Å². The molecule has 0 fully saturated rings. The number of aliphatic hydroxyl groups excluding tert-OH is 1. The van der Waals surface area contributed by atoms with Crippen molar-refractivity contribution < 1.29 is 14.3 Å². The van der Waals surface area contributed by atoms with Crippen LogP contribution in [0.4, 0.5) is 14.9 Å². The van der Waals surface area contributed by atoms with Gasteiger partial charge in [0, 0.05) is 18.9 Å². The van der Waals surface area contributed by atoms with Crippen LogP contribution in [0.3, 0.4) is 0 Å². The predicted octanol–water partition coefficient (Wildman–Crippen LogP) is 2.54. The van der Waals surface area contributed by atoms with Gasteiger partial charge in [0.15, 0.2) is 0 Å². The number of halogens is 1. The van der Waals surface area contributed by atoms with Crippen molar-refractivity contribution in [2.75, 3.05) is 11.9 Å². The van der Waals surface area contributed by atoms with Gasteiger partial charge in [-0.2, -0.15) is 5.10 Å². The van der Waals surface area contributed by atoms with Crippen LogP contribution in [0.1, 0.15) is 20.3 Å². The molecule has 0 spiro atoms. The van der Waals surface area contributed by atoms with Crippen molar-refractivity contribution in [3.63, 3.8) is 0 Å². The Labute approximate surface area is 134 Å². The van der Waals surface area contributed by atoms with Gasteiger partial charge in [0.2, 0.25) is 0 Å². The third-order valence-electron chi connectivity index (χ3n) is 3.31. The zero-order chi connectivity index (χ0) is 16.8. The molecule has 0 saturated carbocycles. The van der Waals surface area contributed by atoms with Crippen LogP contribution in [0.15, 0.2) is 36.7 Å². The van der Waals surface area contributed by atoms with Crippen molar-refractivity contribution in [2.24, 2.45) is 5.92 Å². The third kappa shape index (κ3) is 5.07. The van der Waals surface area contributed by atoms with Crippen LogP contribution in [0, 0.1) is 11.7 Å². The van der Waals surface area contributed by atoms with E-state index < -0.39 is 18.0 Å². The number of rotatable bonds is 6. The number of hydrogen-bond acceptors (Lipinski definition) is 3. The molecule has 2 rings (SSSR count). The minimum absolute atomic E-state index is 0.138. The van der Waals surface area contributed by atoms with E-state index in [2.05, 4.69) is 15.7 Å². The fraction of sp³-hybridized carbons (Fsp3) is 0.375. The van der Waals surface area contributed by atoms with Crippen LogP contribution in [0.5, 0.6) is 0 Å². The Kier molecular flexibility index (Phi) is 5.70. The first-order valence-corrected chi connectivity index (χ1v) is 7.48. The van der Waals surface area contributed by atoms with Gasteiger partial charge in [0.1, 0.15) is 5.82 Å². The summed E-state index contributed by atoms with van der Waals surface area (Å²) in [5, 5.41) is 18.8. The summed E-state index contributed by atoms with van der Waals surface area (Å²) in [5.74, 6) is -0.308. The van der Waals surface area contributed by atoms with Gasteiger partial charge in [-0.05, 0) is 43.5 Å². The fourth-order valence-electron chi connectivity index (χ4n) is 2.32. The number of nitrogens with zero attached hydrogens (tertiary/aromatic N) is 2. The summed E-state index contributed by atoms with van der Waals surface area (Å²) in [5.41, 5.74) is 0.901. The maximum atomic E-state index is 13.5. The van der Waals surface area contributed by atoms with Crippen LogP contribution < -0.4 is 10.6 Å². The molecular weight excluding hydrogens is 299 g/mol. The second-order valence-electron chi connectivity index (χ2n) is 5.64. The lowest BCUT2D eigenvalue weighted by molar-refractivity contribution is 0.163. The number of hydrogen-bond donors (Lipinski definition) is 3. The second kappa shape index (κ2) is 7.73. The predicted molar refractivity (Wildman–Crippen MR) is 86.0 cm³/mol. The van der Waals surface area contributed by atoms with E-state index in [0.717, 1.165) is 0 Å². The Hall–Kier alpha value is -2.41. The standard InChI is InChI=1S/C16H21FN4O2/c1-11(8-12(2)22)10-18-16(23)20-14-9-13(17)4-5-15(14)21-7-3-6-19-21/h3-7,9,11-12,22H,8,10H2,1-2H3,(H2,18,20,23). The van der Waals surface area contributed by atoms with E-state index in [1.165, 1.54) is 12.1 Å². The number of benzene rings is 1. The smallest absolute Gasteiger partial charge is 0.319 e. The van der Waals surface area contributed by atoms with E-state index in [0.29, 0.717) is 24.3 Å². The quantitative estimate of drug-likeness (QED) is 0.765. The first-order chi connectivity index (χ1) is 11.0. The summed E-state index contributed by atoms with van der Waals surface area (Å²) >= 11 is 0. The average molecular weight is 320 g/mol. The average Bonchev–Trinajstić information content (AvgIpc) is 2.98. The van der Waals surface area contributed by atoms with Crippen LogP contribution in [-0.2, 0) is 0 Å². The molecule has 0 radical (unpaired) electrons. The molecule has 3 N–H and O–H groups in total. The first kappa shape index (κ1) is 17.0. The SMILES string of the molecule is CC(O)CC(C)CNC(=O)Nc1cc(F)ccc1-n1cccn1. The fourth-order valence-corrected chi connectivity index (χ4v) is 2.32. The number of amides is 2. The highest BCUT2D eigenvalue weighted by molar-refractivity contribution is 5.91. The second-order valence-corrected chi connectivity index (χ2v) is 5.64. The molecule has 0 aliphatic heterocycles. The maximum Gasteiger partial charge on any atom is 0.319 e. The third-order valence-corrected chi connectivity index (χ3v) is 3.31. The number of carbonyl (C=O) groups excluding carboxylic acids is 1. The van der Waals surface area contributed by atoms with E-state index in [4.69, 9.17) is 0 Å². The van der Waals surface area contributed by atoms with E-state index in [1.54, 1.807) is 36.1 Å². The zero-order valence-corrected chi connectivity index (χ0v) is 13.2. The molecule has 1 aromatic heterocycles. The van der Waals surface area contributed by atoms with Crippen LogP contribution in [0.25, 0.3) is 5.69 Å². The normalized spacial score (nSPS) is 13.4. The van der Waals surface area contributed by atoms with Crippen molar-refractivity contribution in [2.45, 2.75) is 26.4 Å². The summed E-state index contributed by atoms with van der Waals surface area (Å²) in [7, 11) is 0. The number of aliphatic hydroxyl groups is 1. The molecule has 1 heterocycles. The summed E-state index contributed by atoms with van der Waals surface area (Å²) in [4.78, 5) is 12.0. The van der Waals surface area contributed by atoms with Gasteiger partial charge in [0.05, 0.1) is 17.5 Å². The number of nitrogens with one attached hydrogen (secondary N) is 2. The Morgan fingerprint density at radius 3 is 2.87 bits per heavy atom. The lowest BCUT2D eigenvalue weighted by atomic mass is 10.1. The molecule has 0 aliphatic rings. The van der Waals surface area contributed by atoms with Crippen LogP contribution >= 0.6 is 0 Å². The highest BCUT2D eigenvalue weighted by Crippen LogP contribution is 2.20. The molecule has 0 bridgehead atoms. The van der Waals surface area contributed by atoms with Gasteiger partial charge in [-0.3, -0.25) is 0 Å². The molecular formula is C16H21FN4O2. The Balaban J connectivity index is 2.02. The molecule has 6 nitrogen and oxygen atoms in total. The minimum atomic E-state index is -0.446. The molecule has 2 atom stereocenters. The number of urea groups is 1. The molecule has 2 aromatic rings. The number of carbonyl (C=O) groups is 1. The van der Waals surface area contributed by atoms with Gasteiger partial charge in [0.25, 0.3) is 0 Å². The van der Waals surface area contributed by atoms with Crippen molar-refractivity contribution >= 4 is 11.7 Å². The molecule has 23 heavy (non-hydrogen) atoms. The van der Waals surface area contributed by atoms with Gasteiger partial charge < -0.3 is 15.7 Å². The van der Waals surface area contributed by atoms with Gasteiger partial charge in [-0.15, -0.1) is 0 Å². The number of anilines is 1. The summed E-state index contributed by atoms with van der Waals surface area (Å²) in [6, 6.07) is 5.42. The maximum absolute atomic E-state index is 13.5. The monoisotopic (exact) mass is 320 g/mol. The number of aromatic nitrogens is 2. The molecule has 2 amide bonds. The highest BCUT2D eigenvalue weighted by atomic mass is 19.1. The lowest BCUT2D eigenvalue weighted by Gasteiger charge is -2.16. The highest BCUT2D eigenvalue weighted by Gasteiger charge is 2.12. The topological polar surface area (TPSA) is 79.2 Å². The van der Waals surface area contributed by atoms with Gasteiger partial charge in [-0.25, -0.2) is 13.9 Å². The van der Waals surface area contributed by atoms with Crippen LogP contribution in [-0.4, -0.2) is 33.6 Å². The molecule has 1 aromatic carbocycles. The van der Waals surface area contributed by atoms with Crippen molar-refractivity contribution in [3.8, 4) is 5.69 Å². The van der Waals surface area contributed by atoms with Gasteiger partial charge in [-0.1, -0.05) is 6.92 Å². The van der Waals surface area contributed by atoms with E-state index >= 15 is 0 Å². The zero-order valence-electron chi connectivity index (χ0n) is 13.2. The summed E-state index contributed by atoms with van der Waals surface area (Å²) < 4.78 is 15.0. The molecule has 7 heteroatoms. The largest absolute Gasteiger partial charge is 0.393 e. The van der Waals surface area contributed by atoms with Crippen LogP contribution in [0.2, 0.25) is 0 Å². The van der Waals surface area contributed by atoms with Crippen molar-refractivity contribution in [3.05, 3.63) is 42.5 Å². The molecule has 0 aliphatic carbocycles. The minimum Gasteiger partial charge on any atom is -0.393 e. The molecule has 2 unspecified atom stereocenters. The first-order valence-electron chi connectivity index (χ1n) is 7.48. The molecule has 0 saturated heterocycles. The summed E-state index contributed by atoms with van der Waals surface area (Å²) in [6.07, 6.45) is 3.49.